The molecule has 5 heteroatoms. The van der Waals surface area contributed by atoms with E-state index < -0.39 is 5.91 Å². The predicted molar refractivity (Wildman–Crippen MR) is 86.2 cm³/mol. The number of phenols is 1. The number of hydrogen-bond donors (Lipinski definition) is 2. The summed E-state index contributed by atoms with van der Waals surface area (Å²) in [6.45, 7) is 10.7. The molecule has 2 aromatic carbocycles. The fraction of sp³-hybridized carbons (Fsp3) is 0.118. The molecule has 0 heterocycles. The third-order valence-electron chi connectivity index (χ3n) is 3.08. The van der Waals surface area contributed by atoms with E-state index in [4.69, 9.17) is 12.3 Å². The Morgan fingerprint density at radius 2 is 2.05 bits per heavy atom. The van der Waals surface area contributed by atoms with Gasteiger partial charge in [-0.2, -0.15) is 4.99 Å². The molecule has 0 saturated heterocycles. The molecule has 22 heavy (non-hydrogen) atoms. The Morgan fingerprint density at radius 3 is 2.64 bits per heavy atom. The van der Waals surface area contributed by atoms with Crippen molar-refractivity contribution >= 4 is 17.4 Å². The zero-order chi connectivity index (χ0) is 16.3. The van der Waals surface area contributed by atoms with E-state index in [1.165, 1.54) is 19.1 Å². The van der Waals surface area contributed by atoms with Gasteiger partial charge in [-0.25, -0.2) is 4.85 Å². The highest BCUT2D eigenvalue weighted by molar-refractivity contribution is 6.10. The van der Waals surface area contributed by atoms with Gasteiger partial charge < -0.3 is 10.8 Å². The number of aryl methyl sites for hydroxylation is 1. The van der Waals surface area contributed by atoms with Crippen molar-refractivity contribution in [1.29, 1.82) is 0 Å². The van der Waals surface area contributed by atoms with Gasteiger partial charge in [-0.3, -0.25) is 4.79 Å². The number of amidine groups is 1. The Labute approximate surface area is 128 Å². The first kappa shape index (κ1) is 15.3. The van der Waals surface area contributed by atoms with Crippen LogP contribution in [-0.2, 0) is 0 Å². The van der Waals surface area contributed by atoms with Crippen molar-refractivity contribution in [2.75, 3.05) is 0 Å². The molecule has 0 aliphatic carbocycles. The predicted octanol–water partition coefficient (Wildman–Crippen LogP) is 3.44. The fourth-order valence-electron chi connectivity index (χ4n) is 2.20. The van der Waals surface area contributed by atoms with Crippen molar-refractivity contribution in [1.82, 2.24) is 0 Å². The number of aliphatic imine (C=N–C) groups is 1. The Hall–Kier alpha value is -3.13. The largest absolute Gasteiger partial charge is 0.507 e. The second kappa shape index (κ2) is 6.10. The number of nitrogens with zero attached hydrogens (tertiary/aromatic N) is 2. The van der Waals surface area contributed by atoms with Crippen molar-refractivity contribution in [3.05, 3.63) is 58.9 Å². The molecule has 0 radical (unpaired) electrons. The molecule has 5 nitrogen and oxygen atoms in total. The third kappa shape index (κ3) is 2.96. The van der Waals surface area contributed by atoms with Crippen LogP contribution in [0.25, 0.3) is 16.0 Å². The minimum absolute atomic E-state index is 0.0103. The van der Waals surface area contributed by atoms with Gasteiger partial charge in [-0.15, -0.1) is 0 Å². The topological polar surface area (TPSA) is 80.0 Å². The number of rotatable bonds is 2. The molecule has 0 bridgehead atoms. The third-order valence-corrected chi connectivity index (χ3v) is 3.08. The molecule has 110 valence electrons. The molecule has 0 aromatic heterocycles. The number of nitrogens with two attached hydrogens (primary N) is 1. The quantitative estimate of drug-likeness (QED) is 0.505. The molecule has 0 aliphatic heterocycles. The van der Waals surface area contributed by atoms with Gasteiger partial charge in [0.2, 0.25) is 0 Å². The number of carbonyl (C=O) groups excluding carboxylic acids is 1. The first-order valence-corrected chi connectivity index (χ1v) is 6.59. The number of hydrogen-bond acceptors (Lipinski definition) is 2. The maximum atomic E-state index is 12.3. The Balaban J connectivity index is 2.81. The Bertz CT molecular complexity index is 813. The number of carbonyl (C=O) groups is 1. The lowest BCUT2D eigenvalue weighted by atomic mass is 9.95. The highest BCUT2D eigenvalue weighted by Gasteiger charge is 2.21. The molecular formula is C17H15N3O2. The van der Waals surface area contributed by atoms with Gasteiger partial charge in [0.15, 0.2) is 5.69 Å². The standard InChI is InChI=1S/C17H15N3O2/c1-10-5-4-6-12(9-10)15-13(19-3)7-8-14(21)16(15)17(22)20-11(2)18/h4-9,21H,1-2H3,(H2,18,20,22). The molecule has 0 unspecified atom stereocenters. The summed E-state index contributed by atoms with van der Waals surface area (Å²) < 4.78 is 0. The summed E-state index contributed by atoms with van der Waals surface area (Å²) in [6.07, 6.45) is 0. The number of amides is 1. The maximum absolute atomic E-state index is 12.3. The fourth-order valence-corrected chi connectivity index (χ4v) is 2.20. The van der Waals surface area contributed by atoms with Crippen LogP contribution in [0, 0.1) is 13.5 Å². The van der Waals surface area contributed by atoms with Crippen LogP contribution in [0.2, 0.25) is 0 Å². The van der Waals surface area contributed by atoms with E-state index in [-0.39, 0.29) is 22.8 Å². The average molecular weight is 293 g/mol. The second-order valence-electron chi connectivity index (χ2n) is 4.89. The highest BCUT2D eigenvalue weighted by atomic mass is 16.3. The molecule has 0 saturated carbocycles. The van der Waals surface area contributed by atoms with E-state index in [9.17, 15) is 9.90 Å². The van der Waals surface area contributed by atoms with Gasteiger partial charge >= 0.3 is 0 Å². The summed E-state index contributed by atoms with van der Waals surface area (Å²) in [5.41, 5.74) is 7.74. The van der Waals surface area contributed by atoms with Gasteiger partial charge in [-0.1, -0.05) is 35.9 Å². The van der Waals surface area contributed by atoms with E-state index in [0.717, 1.165) is 5.56 Å². The van der Waals surface area contributed by atoms with Gasteiger partial charge in [0.1, 0.15) is 11.6 Å². The van der Waals surface area contributed by atoms with Gasteiger partial charge in [0, 0.05) is 5.56 Å². The molecular weight excluding hydrogens is 278 g/mol. The van der Waals surface area contributed by atoms with Gasteiger partial charge in [-0.05, 0) is 25.5 Å². The smallest absolute Gasteiger partial charge is 0.281 e. The minimum atomic E-state index is -0.667. The molecule has 0 aliphatic rings. The summed E-state index contributed by atoms with van der Waals surface area (Å²) >= 11 is 0. The van der Waals surface area contributed by atoms with Crippen LogP contribution in [0.15, 0.2) is 41.4 Å². The van der Waals surface area contributed by atoms with E-state index >= 15 is 0 Å². The zero-order valence-electron chi connectivity index (χ0n) is 12.3. The Morgan fingerprint density at radius 1 is 1.32 bits per heavy atom. The average Bonchev–Trinajstić information content (AvgIpc) is 2.46. The number of aromatic hydroxyl groups is 1. The minimum Gasteiger partial charge on any atom is -0.507 e. The second-order valence-corrected chi connectivity index (χ2v) is 4.89. The molecule has 2 rings (SSSR count). The van der Waals surface area contributed by atoms with Crippen molar-refractivity contribution in [3.63, 3.8) is 0 Å². The Kier molecular flexibility index (Phi) is 4.23. The zero-order valence-corrected chi connectivity index (χ0v) is 12.3. The van der Waals surface area contributed by atoms with Crippen LogP contribution in [0.1, 0.15) is 22.8 Å². The number of phenolic OH excluding ortho intramolecular Hbond substituents is 1. The van der Waals surface area contributed by atoms with Crippen molar-refractivity contribution in [2.45, 2.75) is 13.8 Å². The summed E-state index contributed by atoms with van der Waals surface area (Å²) in [5.74, 6) is -0.800. The molecule has 1 amide bonds. The van der Waals surface area contributed by atoms with Crippen molar-refractivity contribution in [3.8, 4) is 16.9 Å². The molecule has 0 spiro atoms. The van der Waals surface area contributed by atoms with Crippen LogP contribution in [-0.4, -0.2) is 16.8 Å². The molecule has 0 atom stereocenters. The van der Waals surface area contributed by atoms with Gasteiger partial charge in [0.05, 0.1) is 12.1 Å². The molecule has 3 N–H and O–H groups in total. The SMILES string of the molecule is [C-]#[N+]c1ccc(O)c(C(=O)N=C(C)N)c1-c1cccc(C)c1. The lowest BCUT2D eigenvalue weighted by Gasteiger charge is -2.12. The maximum Gasteiger partial charge on any atom is 0.281 e. The van der Waals surface area contributed by atoms with E-state index in [2.05, 4.69) is 9.84 Å². The van der Waals surface area contributed by atoms with E-state index in [1.807, 2.05) is 25.1 Å². The lowest BCUT2D eigenvalue weighted by Crippen LogP contribution is -2.10. The van der Waals surface area contributed by atoms with Crippen LogP contribution in [0.3, 0.4) is 0 Å². The first-order chi connectivity index (χ1) is 10.4. The summed E-state index contributed by atoms with van der Waals surface area (Å²) in [5, 5.41) is 10.1. The van der Waals surface area contributed by atoms with Crippen LogP contribution < -0.4 is 5.73 Å². The molecule has 0 fully saturated rings. The van der Waals surface area contributed by atoms with Crippen molar-refractivity contribution in [2.24, 2.45) is 10.7 Å². The summed E-state index contributed by atoms with van der Waals surface area (Å²) in [4.78, 5) is 19.4. The van der Waals surface area contributed by atoms with Crippen LogP contribution in [0.5, 0.6) is 5.75 Å². The highest BCUT2D eigenvalue weighted by Crippen LogP contribution is 2.39. The van der Waals surface area contributed by atoms with Crippen LogP contribution in [0.4, 0.5) is 5.69 Å². The number of benzene rings is 2. The van der Waals surface area contributed by atoms with E-state index in [0.29, 0.717) is 11.1 Å². The normalized spacial score (nSPS) is 11.0. The first-order valence-electron chi connectivity index (χ1n) is 6.59. The van der Waals surface area contributed by atoms with Crippen LogP contribution >= 0.6 is 0 Å². The summed E-state index contributed by atoms with van der Waals surface area (Å²) in [7, 11) is 0. The van der Waals surface area contributed by atoms with E-state index in [1.54, 1.807) is 6.07 Å². The van der Waals surface area contributed by atoms with Gasteiger partial charge in [0.25, 0.3) is 5.91 Å². The molecule has 2 aromatic rings. The monoisotopic (exact) mass is 293 g/mol. The van der Waals surface area contributed by atoms with Crippen molar-refractivity contribution < 1.29 is 9.90 Å². The lowest BCUT2D eigenvalue weighted by molar-refractivity contribution is 0.100. The summed E-state index contributed by atoms with van der Waals surface area (Å²) in [6, 6.07) is 10.2.